The van der Waals surface area contributed by atoms with Crippen molar-refractivity contribution in [3.05, 3.63) is 57.5 Å². The Morgan fingerprint density at radius 1 is 1.15 bits per heavy atom. The van der Waals surface area contributed by atoms with Gasteiger partial charge in [-0.15, -0.1) is 11.3 Å². The number of anilines is 1. The van der Waals surface area contributed by atoms with Crippen LogP contribution in [-0.2, 0) is 11.2 Å². The quantitative estimate of drug-likeness (QED) is 0.697. The Hall–Kier alpha value is -2.74. The molecule has 134 valence electrons. The molecule has 0 aliphatic carbocycles. The molecule has 0 spiro atoms. The summed E-state index contributed by atoms with van der Waals surface area (Å²) in [5.74, 6) is 0.0792. The van der Waals surface area contributed by atoms with Gasteiger partial charge in [-0.05, 0) is 19.1 Å². The number of para-hydroxylation sites is 1. The molecule has 0 radical (unpaired) electrons. The molecular formula is C18H19N5O2S. The van der Waals surface area contributed by atoms with Crippen LogP contribution in [-0.4, -0.2) is 51.6 Å². The van der Waals surface area contributed by atoms with Gasteiger partial charge in [0.15, 0.2) is 0 Å². The fourth-order valence-electron chi connectivity index (χ4n) is 3.12. The van der Waals surface area contributed by atoms with Gasteiger partial charge in [-0.2, -0.15) is 10.1 Å². The topological polar surface area (TPSA) is 70.8 Å². The maximum absolute atomic E-state index is 12.7. The second kappa shape index (κ2) is 6.87. The second-order valence-electron chi connectivity index (χ2n) is 6.30. The Balaban J connectivity index is 1.43. The number of piperazine rings is 1. The van der Waals surface area contributed by atoms with E-state index in [9.17, 15) is 9.59 Å². The third kappa shape index (κ3) is 3.20. The Labute approximate surface area is 154 Å². The number of carbonyl (C=O) groups is 1. The van der Waals surface area contributed by atoms with Crippen LogP contribution in [0.1, 0.15) is 11.4 Å². The van der Waals surface area contributed by atoms with E-state index in [4.69, 9.17) is 0 Å². The molecule has 3 heterocycles. The predicted octanol–water partition coefficient (Wildman–Crippen LogP) is 1.35. The Bertz CT molecular complexity index is 990. The maximum Gasteiger partial charge on any atom is 0.295 e. The van der Waals surface area contributed by atoms with Crippen LogP contribution in [0.3, 0.4) is 0 Å². The Morgan fingerprint density at radius 2 is 1.88 bits per heavy atom. The summed E-state index contributed by atoms with van der Waals surface area (Å²) >= 11 is 1.33. The first-order valence-electron chi connectivity index (χ1n) is 8.53. The number of benzene rings is 1. The molecule has 1 aromatic carbocycles. The Morgan fingerprint density at radius 3 is 2.62 bits per heavy atom. The standard InChI is InChI=1S/C18H19N5O2S/c1-13-17(25)19-18-23(20-13)15(12-26-18)11-16(24)22-9-7-21(8-10-22)14-5-3-2-4-6-14/h2-6,12H,7-11H2,1H3. The van der Waals surface area contributed by atoms with Crippen molar-refractivity contribution in [2.75, 3.05) is 31.1 Å². The lowest BCUT2D eigenvalue weighted by molar-refractivity contribution is -0.130. The molecule has 7 nitrogen and oxygen atoms in total. The van der Waals surface area contributed by atoms with Gasteiger partial charge in [0.05, 0.1) is 12.1 Å². The minimum absolute atomic E-state index is 0.0792. The van der Waals surface area contributed by atoms with E-state index < -0.39 is 0 Å². The van der Waals surface area contributed by atoms with Gasteiger partial charge < -0.3 is 9.80 Å². The van der Waals surface area contributed by atoms with Gasteiger partial charge in [-0.25, -0.2) is 4.52 Å². The molecule has 0 bridgehead atoms. The number of aromatic nitrogens is 3. The molecule has 1 aliphatic rings. The fourth-order valence-corrected chi connectivity index (χ4v) is 3.94. The van der Waals surface area contributed by atoms with Crippen LogP contribution < -0.4 is 10.5 Å². The van der Waals surface area contributed by atoms with Crippen LogP contribution in [0, 0.1) is 6.92 Å². The number of aryl methyl sites for hydroxylation is 1. The van der Waals surface area contributed by atoms with E-state index in [-0.39, 0.29) is 17.9 Å². The molecule has 0 N–H and O–H groups in total. The molecular weight excluding hydrogens is 350 g/mol. The predicted molar refractivity (Wildman–Crippen MR) is 101 cm³/mol. The number of nitrogens with zero attached hydrogens (tertiary/aromatic N) is 5. The first-order valence-corrected chi connectivity index (χ1v) is 9.41. The average Bonchev–Trinajstić information content (AvgIpc) is 3.04. The third-order valence-electron chi connectivity index (χ3n) is 4.60. The van der Waals surface area contributed by atoms with Crippen LogP contribution >= 0.6 is 11.3 Å². The van der Waals surface area contributed by atoms with Crippen LogP contribution in [0.25, 0.3) is 4.96 Å². The number of rotatable bonds is 3. The van der Waals surface area contributed by atoms with Crippen molar-refractivity contribution in [2.24, 2.45) is 0 Å². The van der Waals surface area contributed by atoms with E-state index in [2.05, 4.69) is 27.1 Å². The summed E-state index contributed by atoms with van der Waals surface area (Å²) in [7, 11) is 0. The monoisotopic (exact) mass is 369 g/mol. The molecule has 1 fully saturated rings. The summed E-state index contributed by atoms with van der Waals surface area (Å²) in [6, 6.07) is 10.3. The van der Waals surface area contributed by atoms with Gasteiger partial charge in [0.2, 0.25) is 10.9 Å². The summed E-state index contributed by atoms with van der Waals surface area (Å²) < 4.78 is 1.61. The molecule has 1 amide bonds. The summed E-state index contributed by atoms with van der Waals surface area (Å²) in [6.45, 7) is 4.69. The Kier molecular flexibility index (Phi) is 4.42. The van der Waals surface area contributed by atoms with Crippen molar-refractivity contribution in [3.63, 3.8) is 0 Å². The number of hydrogen-bond donors (Lipinski definition) is 0. The van der Waals surface area contributed by atoms with E-state index in [0.29, 0.717) is 23.7 Å². The molecule has 2 aromatic heterocycles. The van der Waals surface area contributed by atoms with E-state index in [1.165, 1.54) is 17.0 Å². The summed E-state index contributed by atoms with van der Waals surface area (Å²) in [6.07, 6.45) is 0.266. The molecule has 1 aliphatic heterocycles. The normalized spacial score (nSPS) is 14.8. The van der Waals surface area contributed by atoms with Crippen molar-refractivity contribution < 1.29 is 4.79 Å². The van der Waals surface area contributed by atoms with Gasteiger partial charge in [-0.3, -0.25) is 9.59 Å². The van der Waals surface area contributed by atoms with Gasteiger partial charge in [0, 0.05) is 37.2 Å². The van der Waals surface area contributed by atoms with Crippen molar-refractivity contribution in [1.82, 2.24) is 19.5 Å². The van der Waals surface area contributed by atoms with Gasteiger partial charge in [0.1, 0.15) is 5.69 Å². The lowest BCUT2D eigenvalue weighted by Gasteiger charge is -2.36. The SMILES string of the molecule is Cc1nn2c(CC(=O)N3CCN(c4ccccc4)CC3)csc2nc1=O. The smallest absolute Gasteiger partial charge is 0.295 e. The van der Waals surface area contributed by atoms with Crippen molar-refractivity contribution in [2.45, 2.75) is 13.3 Å². The molecule has 1 saturated heterocycles. The molecule has 0 unspecified atom stereocenters. The lowest BCUT2D eigenvalue weighted by atomic mass is 10.2. The van der Waals surface area contributed by atoms with E-state index >= 15 is 0 Å². The molecule has 3 aromatic rings. The average molecular weight is 369 g/mol. The highest BCUT2D eigenvalue weighted by Crippen LogP contribution is 2.17. The highest BCUT2D eigenvalue weighted by Gasteiger charge is 2.22. The van der Waals surface area contributed by atoms with Crippen LogP contribution in [0.2, 0.25) is 0 Å². The number of fused-ring (bicyclic) bond motifs is 1. The van der Waals surface area contributed by atoms with Crippen LogP contribution in [0.5, 0.6) is 0 Å². The minimum Gasteiger partial charge on any atom is -0.368 e. The zero-order valence-corrected chi connectivity index (χ0v) is 15.3. The summed E-state index contributed by atoms with van der Waals surface area (Å²) in [5.41, 5.74) is 1.99. The third-order valence-corrected chi connectivity index (χ3v) is 5.46. The molecule has 8 heteroatoms. The highest BCUT2D eigenvalue weighted by molar-refractivity contribution is 7.15. The molecule has 0 atom stereocenters. The van der Waals surface area contributed by atoms with Gasteiger partial charge in [-0.1, -0.05) is 18.2 Å². The second-order valence-corrected chi connectivity index (χ2v) is 7.14. The first-order chi connectivity index (χ1) is 12.6. The van der Waals surface area contributed by atoms with Gasteiger partial charge >= 0.3 is 0 Å². The lowest BCUT2D eigenvalue weighted by Crippen LogP contribution is -2.49. The minimum atomic E-state index is -0.318. The summed E-state index contributed by atoms with van der Waals surface area (Å²) in [4.78, 5) is 33.0. The van der Waals surface area contributed by atoms with Crippen molar-refractivity contribution in [3.8, 4) is 0 Å². The zero-order chi connectivity index (χ0) is 18.1. The molecule has 4 rings (SSSR count). The fraction of sp³-hybridized carbons (Fsp3) is 0.333. The molecule has 0 saturated carbocycles. The highest BCUT2D eigenvalue weighted by atomic mass is 32.1. The number of thiazole rings is 1. The number of amides is 1. The zero-order valence-electron chi connectivity index (χ0n) is 14.5. The summed E-state index contributed by atoms with van der Waals surface area (Å²) in [5, 5.41) is 6.11. The largest absolute Gasteiger partial charge is 0.368 e. The number of carbonyl (C=O) groups excluding carboxylic acids is 1. The van der Waals surface area contributed by atoms with Crippen molar-refractivity contribution in [1.29, 1.82) is 0 Å². The van der Waals surface area contributed by atoms with E-state index in [1.807, 2.05) is 28.5 Å². The maximum atomic E-state index is 12.7. The first kappa shape index (κ1) is 16.7. The van der Waals surface area contributed by atoms with Crippen LogP contribution in [0.4, 0.5) is 5.69 Å². The number of hydrogen-bond acceptors (Lipinski definition) is 6. The van der Waals surface area contributed by atoms with Gasteiger partial charge in [0.25, 0.3) is 5.56 Å². The van der Waals surface area contributed by atoms with Crippen LogP contribution in [0.15, 0.2) is 40.5 Å². The van der Waals surface area contributed by atoms with E-state index in [0.717, 1.165) is 18.8 Å². The van der Waals surface area contributed by atoms with Crippen molar-refractivity contribution >= 4 is 27.9 Å². The van der Waals surface area contributed by atoms with E-state index in [1.54, 1.807) is 11.4 Å². The molecule has 26 heavy (non-hydrogen) atoms.